The van der Waals surface area contributed by atoms with E-state index in [1.165, 1.54) is 11.8 Å². The molecule has 0 aliphatic heterocycles. The minimum absolute atomic E-state index is 0.0482. The summed E-state index contributed by atoms with van der Waals surface area (Å²) in [5.74, 6) is 0.766. The van der Waals surface area contributed by atoms with E-state index in [2.05, 4.69) is 15.2 Å². The highest BCUT2D eigenvalue weighted by Gasteiger charge is 2.22. The number of ether oxygens (including phenoxy) is 1. The number of H-pyrrole nitrogens is 1. The summed E-state index contributed by atoms with van der Waals surface area (Å²) in [6, 6.07) is 15.4. The maximum Gasteiger partial charge on any atom is 0.196 e. The zero-order valence-electron chi connectivity index (χ0n) is 14.9. The van der Waals surface area contributed by atoms with Crippen LogP contribution in [0.25, 0.3) is 16.6 Å². The number of para-hydroxylation sites is 3. The van der Waals surface area contributed by atoms with E-state index in [-0.39, 0.29) is 11.0 Å². The summed E-state index contributed by atoms with van der Waals surface area (Å²) >= 11 is 1.38. The summed E-state index contributed by atoms with van der Waals surface area (Å²) in [5.41, 5.74) is 2.48. The quantitative estimate of drug-likeness (QED) is 0.404. The molecule has 136 valence electrons. The first-order valence-corrected chi connectivity index (χ1v) is 9.37. The number of methoxy groups -OCH3 is 1. The van der Waals surface area contributed by atoms with Gasteiger partial charge in [0.05, 0.1) is 18.0 Å². The summed E-state index contributed by atoms with van der Waals surface area (Å²) in [6.45, 7) is 1.88. The van der Waals surface area contributed by atoms with Gasteiger partial charge in [-0.05, 0) is 25.1 Å². The molecule has 2 aromatic carbocycles. The summed E-state index contributed by atoms with van der Waals surface area (Å²) in [7, 11) is 1.62. The molecular weight excluding hydrogens is 360 g/mol. The largest absolute Gasteiger partial charge is 0.495 e. The lowest BCUT2D eigenvalue weighted by Crippen LogP contribution is -2.14. The van der Waals surface area contributed by atoms with Gasteiger partial charge in [-0.1, -0.05) is 42.1 Å². The number of rotatable bonds is 6. The van der Waals surface area contributed by atoms with Gasteiger partial charge in [0, 0.05) is 22.7 Å². The molecule has 0 saturated carbocycles. The number of hydrogen-bond acceptors (Lipinski definition) is 5. The summed E-state index contributed by atoms with van der Waals surface area (Å²) in [6.07, 6.45) is 3.40. The normalized spacial score (nSPS) is 12.2. The molecule has 0 saturated heterocycles. The molecule has 0 aliphatic rings. The van der Waals surface area contributed by atoms with Gasteiger partial charge in [0.2, 0.25) is 0 Å². The standard InChI is InChI=1S/C20H18N4O2S/c1-13(19(25)15-11-21-16-8-4-3-7-14(15)16)27-20-23-22-12-24(20)17-9-5-6-10-18(17)26-2/h3-13,21H,1-2H3. The number of aromatic nitrogens is 4. The van der Waals surface area contributed by atoms with Crippen molar-refractivity contribution in [3.63, 3.8) is 0 Å². The van der Waals surface area contributed by atoms with Gasteiger partial charge in [-0.25, -0.2) is 0 Å². The number of fused-ring (bicyclic) bond motifs is 1. The van der Waals surface area contributed by atoms with Crippen molar-refractivity contribution in [3.05, 3.63) is 66.6 Å². The maximum absolute atomic E-state index is 13.0. The van der Waals surface area contributed by atoms with Crippen molar-refractivity contribution in [3.8, 4) is 11.4 Å². The molecule has 0 radical (unpaired) electrons. The third-order valence-electron chi connectivity index (χ3n) is 4.37. The second-order valence-corrected chi connectivity index (χ2v) is 7.34. The Morgan fingerprint density at radius 3 is 2.81 bits per heavy atom. The number of carbonyl (C=O) groups excluding carboxylic acids is 1. The van der Waals surface area contributed by atoms with Crippen LogP contribution in [0.15, 0.2) is 66.2 Å². The van der Waals surface area contributed by atoms with Gasteiger partial charge >= 0.3 is 0 Å². The molecule has 2 heterocycles. The number of Topliss-reactive ketones (excluding diaryl/α,β-unsaturated/α-hetero) is 1. The Balaban J connectivity index is 1.62. The molecular formula is C20H18N4O2S. The third kappa shape index (κ3) is 3.21. The van der Waals surface area contributed by atoms with Crippen LogP contribution in [0.3, 0.4) is 0 Å². The number of benzene rings is 2. The van der Waals surface area contributed by atoms with E-state index < -0.39 is 0 Å². The van der Waals surface area contributed by atoms with Crippen LogP contribution in [0.2, 0.25) is 0 Å². The second kappa shape index (κ2) is 7.28. The molecule has 0 spiro atoms. The first-order chi connectivity index (χ1) is 13.2. The predicted octanol–water partition coefficient (Wildman–Crippen LogP) is 4.12. The highest BCUT2D eigenvalue weighted by Crippen LogP contribution is 2.30. The highest BCUT2D eigenvalue weighted by atomic mass is 32.2. The van der Waals surface area contributed by atoms with E-state index in [4.69, 9.17) is 4.74 Å². The Kier molecular flexibility index (Phi) is 4.68. The number of aromatic amines is 1. The molecule has 7 heteroatoms. The summed E-state index contributed by atoms with van der Waals surface area (Å²) in [5, 5.41) is 9.47. The van der Waals surface area contributed by atoms with Crippen LogP contribution in [-0.4, -0.2) is 37.9 Å². The Bertz CT molecular complexity index is 1100. The van der Waals surface area contributed by atoms with E-state index in [1.807, 2.05) is 60.0 Å². The molecule has 1 atom stereocenters. The van der Waals surface area contributed by atoms with Crippen LogP contribution in [-0.2, 0) is 0 Å². The first-order valence-electron chi connectivity index (χ1n) is 8.49. The molecule has 0 bridgehead atoms. The van der Waals surface area contributed by atoms with E-state index in [0.717, 1.165) is 22.3 Å². The maximum atomic E-state index is 13.0. The first kappa shape index (κ1) is 17.4. The Hall–Kier alpha value is -3.06. The van der Waals surface area contributed by atoms with Crippen LogP contribution >= 0.6 is 11.8 Å². The van der Waals surface area contributed by atoms with Crippen molar-refractivity contribution >= 4 is 28.4 Å². The van der Waals surface area contributed by atoms with Gasteiger partial charge in [0.25, 0.3) is 0 Å². The summed E-state index contributed by atoms with van der Waals surface area (Å²) < 4.78 is 7.26. The van der Waals surface area contributed by atoms with Gasteiger partial charge in [-0.3, -0.25) is 9.36 Å². The monoisotopic (exact) mass is 378 g/mol. The number of nitrogens with zero attached hydrogens (tertiary/aromatic N) is 3. The van der Waals surface area contributed by atoms with Crippen molar-refractivity contribution < 1.29 is 9.53 Å². The van der Waals surface area contributed by atoms with Gasteiger partial charge in [0.15, 0.2) is 10.9 Å². The fourth-order valence-electron chi connectivity index (χ4n) is 3.00. The smallest absolute Gasteiger partial charge is 0.196 e. The molecule has 6 nitrogen and oxygen atoms in total. The van der Waals surface area contributed by atoms with E-state index in [0.29, 0.717) is 10.7 Å². The SMILES string of the molecule is COc1ccccc1-n1cnnc1SC(C)C(=O)c1c[nH]c2ccccc12. The number of thioether (sulfide) groups is 1. The Labute approximate surface area is 160 Å². The number of nitrogens with one attached hydrogen (secondary N) is 1. The van der Waals surface area contributed by atoms with Crippen molar-refractivity contribution in [1.29, 1.82) is 0 Å². The topological polar surface area (TPSA) is 72.8 Å². The zero-order chi connectivity index (χ0) is 18.8. The molecule has 4 rings (SSSR count). The fourth-order valence-corrected chi connectivity index (χ4v) is 3.91. The van der Waals surface area contributed by atoms with Gasteiger partial charge < -0.3 is 9.72 Å². The molecule has 1 N–H and O–H groups in total. The lowest BCUT2D eigenvalue weighted by atomic mass is 10.1. The molecule has 0 fully saturated rings. The lowest BCUT2D eigenvalue weighted by Gasteiger charge is -2.13. The van der Waals surface area contributed by atoms with Crippen molar-refractivity contribution in [1.82, 2.24) is 19.7 Å². The average molecular weight is 378 g/mol. The van der Waals surface area contributed by atoms with E-state index in [1.54, 1.807) is 19.6 Å². The van der Waals surface area contributed by atoms with Crippen LogP contribution in [0.4, 0.5) is 0 Å². The zero-order valence-corrected chi connectivity index (χ0v) is 15.7. The summed E-state index contributed by atoms with van der Waals surface area (Å²) in [4.78, 5) is 16.1. The van der Waals surface area contributed by atoms with Crippen molar-refractivity contribution in [2.75, 3.05) is 7.11 Å². The Morgan fingerprint density at radius 2 is 1.96 bits per heavy atom. The van der Waals surface area contributed by atoms with E-state index in [9.17, 15) is 4.79 Å². The molecule has 0 aliphatic carbocycles. The lowest BCUT2D eigenvalue weighted by molar-refractivity contribution is 0.0995. The molecule has 0 amide bonds. The number of carbonyl (C=O) groups is 1. The van der Waals surface area contributed by atoms with Crippen molar-refractivity contribution in [2.24, 2.45) is 0 Å². The highest BCUT2D eigenvalue weighted by molar-refractivity contribution is 8.00. The van der Waals surface area contributed by atoms with E-state index >= 15 is 0 Å². The molecule has 4 aromatic rings. The third-order valence-corrected chi connectivity index (χ3v) is 5.42. The van der Waals surface area contributed by atoms with Crippen molar-refractivity contribution in [2.45, 2.75) is 17.3 Å². The molecule has 2 aromatic heterocycles. The average Bonchev–Trinajstić information content (AvgIpc) is 3.34. The predicted molar refractivity (Wildman–Crippen MR) is 106 cm³/mol. The van der Waals surface area contributed by atoms with Gasteiger partial charge in [0.1, 0.15) is 12.1 Å². The number of hydrogen-bond donors (Lipinski definition) is 1. The Morgan fingerprint density at radius 1 is 1.19 bits per heavy atom. The minimum Gasteiger partial charge on any atom is -0.495 e. The second-order valence-electron chi connectivity index (χ2n) is 6.03. The fraction of sp³-hybridized carbons (Fsp3) is 0.150. The van der Waals surface area contributed by atoms with Crippen LogP contribution in [0.1, 0.15) is 17.3 Å². The van der Waals surface area contributed by atoms with Crippen LogP contribution < -0.4 is 4.74 Å². The van der Waals surface area contributed by atoms with Crippen LogP contribution in [0.5, 0.6) is 5.75 Å². The van der Waals surface area contributed by atoms with Gasteiger partial charge in [-0.2, -0.15) is 0 Å². The van der Waals surface area contributed by atoms with Crippen LogP contribution in [0, 0.1) is 0 Å². The molecule has 27 heavy (non-hydrogen) atoms. The molecule has 1 unspecified atom stereocenters. The minimum atomic E-state index is -0.318. The number of ketones is 1. The van der Waals surface area contributed by atoms with Gasteiger partial charge in [-0.15, -0.1) is 10.2 Å².